The van der Waals surface area contributed by atoms with E-state index in [-0.39, 0.29) is 0 Å². The van der Waals surface area contributed by atoms with Crippen LogP contribution in [0, 0.1) is 0 Å². The van der Waals surface area contributed by atoms with E-state index in [1.54, 1.807) is 0 Å². The quantitative estimate of drug-likeness (QED) is 0.274. The van der Waals surface area contributed by atoms with Crippen LogP contribution in [-0.2, 0) is 9.59 Å². The van der Waals surface area contributed by atoms with Crippen LogP contribution in [0.5, 0.6) is 0 Å². The lowest BCUT2D eigenvalue weighted by atomic mass is 10.0. The minimum atomic E-state index is -1.79. The van der Waals surface area contributed by atoms with Gasteiger partial charge in [-0.05, 0) is 0 Å². The number of carbonyl (C=O) groups excluding carboxylic acids is 2. The Kier molecular flexibility index (Phi) is 7.49. The number of hydrogen-bond donors (Lipinski definition) is 6. The molecule has 0 bridgehead atoms. The molecule has 0 aliphatic carbocycles. The number of hydrazine groups is 1. The van der Waals surface area contributed by atoms with E-state index in [1.165, 1.54) is 0 Å². The maximum atomic E-state index is 11.2. The number of amides is 2. The molecule has 9 nitrogen and oxygen atoms in total. The molecule has 2 amide bonds. The van der Waals surface area contributed by atoms with Crippen molar-refractivity contribution in [2.75, 3.05) is 13.2 Å². The van der Waals surface area contributed by atoms with Gasteiger partial charge in [-0.15, -0.1) is 0 Å². The molecule has 0 saturated carbocycles. The Hall–Kier alpha value is -1.26. The number of rotatable bonds is 6. The van der Waals surface area contributed by atoms with Crippen molar-refractivity contribution in [3.8, 4) is 0 Å². The lowest BCUT2D eigenvalue weighted by molar-refractivity contribution is -0.147. The largest absolute Gasteiger partial charge is 0.394 e. The van der Waals surface area contributed by atoms with Crippen molar-refractivity contribution in [1.82, 2.24) is 10.4 Å². The van der Waals surface area contributed by atoms with E-state index in [4.69, 9.17) is 10.2 Å². The Morgan fingerprint density at radius 2 is 1.53 bits per heavy atom. The lowest BCUT2D eigenvalue weighted by Crippen LogP contribution is -2.54. The third-order valence-electron chi connectivity index (χ3n) is 2.37. The summed E-state index contributed by atoms with van der Waals surface area (Å²) >= 11 is 0. The third-order valence-corrected chi connectivity index (χ3v) is 2.37. The Morgan fingerprint density at radius 3 is 1.89 bits per heavy atom. The molecule has 0 saturated heterocycles. The Morgan fingerprint density at radius 1 is 1.05 bits per heavy atom. The maximum Gasteiger partial charge on any atom is 0.237 e. The molecule has 6 N–H and O–H groups in total. The molecule has 0 heterocycles. The summed E-state index contributed by atoms with van der Waals surface area (Å²) < 4.78 is 0. The monoisotopic (exact) mass is 280 g/mol. The van der Waals surface area contributed by atoms with E-state index in [2.05, 4.69) is 5.43 Å². The number of nitrogens with zero attached hydrogens (tertiary/aromatic N) is 1. The van der Waals surface area contributed by atoms with Gasteiger partial charge < -0.3 is 25.5 Å². The average Bonchev–Trinajstić information content (AvgIpc) is 2.34. The molecule has 19 heavy (non-hydrogen) atoms. The summed E-state index contributed by atoms with van der Waals surface area (Å²) in [4.78, 5) is 22.0. The van der Waals surface area contributed by atoms with Gasteiger partial charge in [0.2, 0.25) is 11.8 Å². The third kappa shape index (κ3) is 5.94. The van der Waals surface area contributed by atoms with Gasteiger partial charge in [-0.2, -0.15) is 0 Å². The van der Waals surface area contributed by atoms with Crippen molar-refractivity contribution in [3.05, 3.63) is 0 Å². The molecule has 112 valence electrons. The fourth-order valence-electron chi connectivity index (χ4n) is 1.30. The van der Waals surface area contributed by atoms with Crippen molar-refractivity contribution >= 4 is 11.8 Å². The van der Waals surface area contributed by atoms with Crippen LogP contribution in [0.1, 0.15) is 13.8 Å². The van der Waals surface area contributed by atoms with Crippen LogP contribution in [0.15, 0.2) is 0 Å². The zero-order valence-corrected chi connectivity index (χ0v) is 10.7. The van der Waals surface area contributed by atoms with E-state index < -0.39 is 49.4 Å². The normalized spacial score (nSPS) is 17.2. The zero-order chi connectivity index (χ0) is 15.2. The number of carbonyl (C=O) groups is 2. The highest BCUT2D eigenvalue weighted by atomic mass is 16.4. The van der Waals surface area contributed by atoms with E-state index in [0.717, 1.165) is 18.9 Å². The first kappa shape index (κ1) is 17.7. The Labute approximate surface area is 110 Å². The van der Waals surface area contributed by atoms with Gasteiger partial charge in [0, 0.05) is 13.8 Å². The summed E-state index contributed by atoms with van der Waals surface area (Å²) in [6, 6.07) is 0. The van der Waals surface area contributed by atoms with Crippen LogP contribution in [-0.4, -0.2) is 79.9 Å². The van der Waals surface area contributed by atoms with E-state index in [1.807, 2.05) is 0 Å². The zero-order valence-electron chi connectivity index (χ0n) is 10.7. The minimum Gasteiger partial charge on any atom is -0.394 e. The molecule has 0 aromatic rings. The van der Waals surface area contributed by atoms with Crippen molar-refractivity contribution in [2.24, 2.45) is 0 Å². The standard InChI is InChI=1S/C10H20N2O7/c1-5(14)11-12(6(2)15)3-7(16)9(18)10(19)8(17)4-13/h7-10,13,16-19H,3-4H2,1-2H3,(H,11,14)/t7-,8+,9-,10+/m0/s1. The summed E-state index contributed by atoms with van der Waals surface area (Å²) in [6.45, 7) is 1.01. The molecule has 9 heteroatoms. The van der Waals surface area contributed by atoms with E-state index in [0.29, 0.717) is 0 Å². The van der Waals surface area contributed by atoms with Gasteiger partial charge in [0.15, 0.2) is 0 Å². The highest BCUT2D eigenvalue weighted by molar-refractivity contribution is 5.79. The van der Waals surface area contributed by atoms with Crippen molar-refractivity contribution in [3.63, 3.8) is 0 Å². The van der Waals surface area contributed by atoms with Crippen molar-refractivity contribution < 1.29 is 35.1 Å². The number of nitrogens with one attached hydrogen (secondary N) is 1. The molecule has 0 aliphatic rings. The molecule has 0 unspecified atom stereocenters. The molecule has 0 radical (unpaired) electrons. The predicted molar refractivity (Wildman–Crippen MR) is 62.3 cm³/mol. The number of aliphatic hydroxyl groups is 5. The molecular weight excluding hydrogens is 260 g/mol. The second-order valence-corrected chi connectivity index (χ2v) is 4.10. The summed E-state index contributed by atoms with van der Waals surface area (Å²) in [6.07, 6.45) is -6.83. The SMILES string of the molecule is CC(=O)NN(C[C@H](O)[C@H](O)[C@H](O)[C@H](O)CO)C(C)=O. The minimum absolute atomic E-state index is 0.481. The van der Waals surface area contributed by atoms with Crippen LogP contribution >= 0.6 is 0 Å². The first-order chi connectivity index (χ1) is 8.70. The smallest absolute Gasteiger partial charge is 0.237 e. The lowest BCUT2D eigenvalue weighted by Gasteiger charge is -2.29. The molecule has 0 aliphatic heterocycles. The topological polar surface area (TPSA) is 151 Å². The second-order valence-electron chi connectivity index (χ2n) is 4.10. The first-order valence-corrected chi connectivity index (χ1v) is 5.59. The Balaban J connectivity index is 4.58. The van der Waals surface area contributed by atoms with Gasteiger partial charge in [-0.1, -0.05) is 0 Å². The van der Waals surface area contributed by atoms with Gasteiger partial charge >= 0.3 is 0 Å². The summed E-state index contributed by atoms with van der Waals surface area (Å²) in [5, 5.41) is 47.0. The number of hydrogen-bond acceptors (Lipinski definition) is 7. The molecule has 0 spiro atoms. The fourth-order valence-corrected chi connectivity index (χ4v) is 1.30. The van der Waals surface area contributed by atoms with Gasteiger partial charge in [-0.3, -0.25) is 20.0 Å². The molecule has 0 rings (SSSR count). The Bertz CT molecular complexity index is 312. The van der Waals surface area contributed by atoms with Crippen LogP contribution in [0.2, 0.25) is 0 Å². The van der Waals surface area contributed by atoms with Crippen molar-refractivity contribution in [2.45, 2.75) is 38.3 Å². The highest BCUT2D eigenvalue weighted by Crippen LogP contribution is 2.06. The fraction of sp³-hybridized carbons (Fsp3) is 0.800. The summed E-state index contributed by atoms with van der Waals surface area (Å²) in [5.41, 5.74) is 2.13. The van der Waals surface area contributed by atoms with Gasteiger partial charge in [-0.25, -0.2) is 0 Å². The summed E-state index contributed by atoms with van der Waals surface area (Å²) in [5.74, 6) is -1.13. The van der Waals surface area contributed by atoms with E-state index in [9.17, 15) is 24.9 Å². The average molecular weight is 280 g/mol. The second kappa shape index (κ2) is 8.02. The maximum absolute atomic E-state index is 11.2. The van der Waals surface area contributed by atoms with Crippen LogP contribution < -0.4 is 5.43 Å². The molecule has 0 fully saturated rings. The van der Waals surface area contributed by atoms with Gasteiger partial charge in [0.1, 0.15) is 24.4 Å². The van der Waals surface area contributed by atoms with Gasteiger partial charge in [0.25, 0.3) is 0 Å². The highest BCUT2D eigenvalue weighted by Gasteiger charge is 2.31. The predicted octanol–water partition coefficient (Wildman–Crippen LogP) is -3.68. The van der Waals surface area contributed by atoms with Gasteiger partial charge in [0.05, 0.1) is 13.2 Å². The van der Waals surface area contributed by atoms with Crippen LogP contribution in [0.4, 0.5) is 0 Å². The molecular formula is C10H20N2O7. The van der Waals surface area contributed by atoms with Crippen LogP contribution in [0.25, 0.3) is 0 Å². The number of aliphatic hydroxyl groups excluding tert-OH is 5. The molecule has 0 aromatic carbocycles. The summed E-state index contributed by atoms with van der Waals surface area (Å²) in [7, 11) is 0. The van der Waals surface area contributed by atoms with Crippen molar-refractivity contribution in [1.29, 1.82) is 0 Å². The first-order valence-electron chi connectivity index (χ1n) is 5.59. The molecule has 0 aromatic heterocycles. The van der Waals surface area contributed by atoms with Crippen LogP contribution in [0.3, 0.4) is 0 Å². The molecule has 4 atom stereocenters. The van der Waals surface area contributed by atoms with E-state index >= 15 is 0 Å².